The summed E-state index contributed by atoms with van der Waals surface area (Å²) >= 11 is 0. The van der Waals surface area contributed by atoms with Gasteiger partial charge in [-0.25, -0.2) is 14.0 Å². The summed E-state index contributed by atoms with van der Waals surface area (Å²) in [4.78, 5) is 28.3. The number of carbonyl (C=O) groups is 2. The van der Waals surface area contributed by atoms with E-state index in [1.165, 1.54) is 16.7 Å². The highest BCUT2D eigenvalue weighted by molar-refractivity contribution is 5.94. The number of aromatic nitrogens is 1. The number of rotatable bonds is 5. The van der Waals surface area contributed by atoms with Crippen molar-refractivity contribution < 1.29 is 23.5 Å². The minimum Gasteiger partial charge on any atom is -0.456 e. The topological polar surface area (TPSA) is 60.8 Å². The molecule has 1 aliphatic heterocycles. The van der Waals surface area contributed by atoms with Gasteiger partial charge in [0, 0.05) is 24.2 Å². The molecule has 2 aromatic carbocycles. The van der Waals surface area contributed by atoms with Crippen molar-refractivity contribution in [2.24, 2.45) is 5.92 Å². The van der Waals surface area contributed by atoms with Crippen molar-refractivity contribution in [1.29, 1.82) is 0 Å². The minimum absolute atomic E-state index is 0.226. The fourth-order valence-corrected chi connectivity index (χ4v) is 6.77. The zero-order valence-electron chi connectivity index (χ0n) is 27.0. The Morgan fingerprint density at radius 1 is 0.930 bits per heavy atom. The van der Waals surface area contributed by atoms with Gasteiger partial charge in [-0.2, -0.15) is 0 Å². The Morgan fingerprint density at radius 2 is 1.58 bits per heavy atom. The number of piperidine rings is 1. The number of esters is 1. The standard InChI is InChI=1S/C36H47FN2O4/c1-22-17-23(2)32-29(14-16-39(32)34(41)43-36(6,7)8)30(22)18-26-13-15-38(28-19-27(37)20-28)21-31(26)24-9-11-25(12-10-24)33(40)42-35(3,4)5/h9-12,14,16-17,26-28,31H,13,15,18-21H2,1-8H3/t26-,27-,28-,31-/m0/s1. The van der Waals surface area contributed by atoms with Gasteiger partial charge >= 0.3 is 12.1 Å². The summed E-state index contributed by atoms with van der Waals surface area (Å²) in [6.07, 6.45) is 3.86. The number of benzene rings is 2. The molecule has 0 N–H and O–H groups in total. The Bertz CT molecular complexity index is 1490. The minimum atomic E-state index is -0.688. The summed E-state index contributed by atoms with van der Waals surface area (Å²) in [7, 11) is 0. The average molecular weight is 591 g/mol. The molecule has 43 heavy (non-hydrogen) atoms. The number of carbonyl (C=O) groups excluding carboxylic acids is 2. The summed E-state index contributed by atoms with van der Waals surface area (Å²) < 4.78 is 26.7. The molecule has 2 aliphatic rings. The molecule has 1 aromatic heterocycles. The van der Waals surface area contributed by atoms with Crippen LogP contribution in [0.5, 0.6) is 0 Å². The number of fused-ring (bicyclic) bond motifs is 1. The second-order valence-electron chi connectivity index (χ2n) is 14.6. The molecule has 3 aromatic rings. The van der Waals surface area contributed by atoms with Gasteiger partial charge in [-0.3, -0.25) is 9.47 Å². The summed E-state index contributed by atoms with van der Waals surface area (Å²) in [5.41, 5.74) is 5.00. The van der Waals surface area contributed by atoms with Crippen LogP contribution in [0.2, 0.25) is 0 Å². The maximum absolute atomic E-state index is 13.8. The van der Waals surface area contributed by atoms with Crippen LogP contribution in [0, 0.1) is 19.8 Å². The third-order valence-electron chi connectivity index (χ3n) is 8.88. The van der Waals surface area contributed by atoms with Crippen LogP contribution in [0.15, 0.2) is 42.6 Å². The number of alkyl halides is 1. The number of hydrogen-bond donors (Lipinski definition) is 0. The Morgan fingerprint density at radius 3 is 2.19 bits per heavy atom. The summed E-state index contributed by atoms with van der Waals surface area (Å²) in [5, 5.41) is 1.09. The van der Waals surface area contributed by atoms with Gasteiger partial charge in [0.2, 0.25) is 0 Å². The van der Waals surface area contributed by atoms with Gasteiger partial charge in [0.25, 0.3) is 0 Å². The van der Waals surface area contributed by atoms with Crippen molar-refractivity contribution in [1.82, 2.24) is 9.47 Å². The maximum Gasteiger partial charge on any atom is 0.418 e. The SMILES string of the molecule is Cc1cc(C)c2c(ccn2C(=O)OC(C)(C)C)c1C[C@@H]1CCN([C@H]2C[C@H](F)C2)C[C@H]1c1ccc(C(=O)OC(C)(C)C)cc1. The molecule has 1 saturated heterocycles. The van der Waals surface area contributed by atoms with Gasteiger partial charge in [-0.05, 0) is 140 Å². The second-order valence-corrected chi connectivity index (χ2v) is 14.6. The molecule has 2 fully saturated rings. The third kappa shape index (κ3) is 6.98. The fourth-order valence-electron chi connectivity index (χ4n) is 6.77. The predicted molar refractivity (Wildman–Crippen MR) is 169 cm³/mol. The lowest BCUT2D eigenvalue weighted by Crippen LogP contribution is -2.51. The first-order valence-corrected chi connectivity index (χ1v) is 15.6. The quantitative estimate of drug-likeness (QED) is 0.281. The van der Waals surface area contributed by atoms with E-state index in [-0.39, 0.29) is 18.0 Å². The van der Waals surface area contributed by atoms with E-state index < -0.39 is 17.4 Å². The Labute approximate surface area is 255 Å². The van der Waals surface area contributed by atoms with Gasteiger partial charge in [0.05, 0.1) is 11.1 Å². The van der Waals surface area contributed by atoms with Crippen LogP contribution in [0.4, 0.5) is 9.18 Å². The molecule has 232 valence electrons. The first-order chi connectivity index (χ1) is 20.1. The van der Waals surface area contributed by atoms with Crippen molar-refractivity contribution in [3.05, 3.63) is 70.4 Å². The molecule has 7 heteroatoms. The van der Waals surface area contributed by atoms with Gasteiger partial charge in [-0.15, -0.1) is 0 Å². The van der Waals surface area contributed by atoms with Gasteiger partial charge in [-0.1, -0.05) is 18.2 Å². The molecular weight excluding hydrogens is 543 g/mol. The van der Waals surface area contributed by atoms with Crippen LogP contribution < -0.4 is 0 Å². The number of hydrogen-bond acceptors (Lipinski definition) is 5. The highest BCUT2D eigenvalue weighted by Crippen LogP contribution is 2.41. The van der Waals surface area contributed by atoms with E-state index in [4.69, 9.17) is 9.47 Å². The molecule has 0 unspecified atom stereocenters. The van der Waals surface area contributed by atoms with E-state index in [1.54, 1.807) is 4.57 Å². The zero-order valence-corrected chi connectivity index (χ0v) is 27.0. The lowest BCUT2D eigenvalue weighted by Gasteiger charge is -2.46. The van der Waals surface area contributed by atoms with Crippen LogP contribution in [0.1, 0.15) is 99.3 Å². The maximum atomic E-state index is 13.8. The molecule has 0 amide bonds. The molecule has 0 radical (unpaired) electrons. The normalized spacial score (nSPS) is 23.2. The third-order valence-corrected chi connectivity index (χ3v) is 8.88. The zero-order chi connectivity index (χ0) is 31.3. The van der Waals surface area contributed by atoms with E-state index in [9.17, 15) is 14.0 Å². The lowest BCUT2D eigenvalue weighted by atomic mass is 9.75. The van der Waals surface area contributed by atoms with Crippen LogP contribution in [-0.2, 0) is 15.9 Å². The van der Waals surface area contributed by atoms with Gasteiger partial charge in [0.15, 0.2) is 0 Å². The molecule has 6 nitrogen and oxygen atoms in total. The monoisotopic (exact) mass is 590 g/mol. The average Bonchev–Trinajstić information content (AvgIpc) is 3.34. The van der Waals surface area contributed by atoms with Crippen molar-refractivity contribution in [3.8, 4) is 0 Å². The van der Waals surface area contributed by atoms with E-state index >= 15 is 0 Å². The number of nitrogens with zero attached hydrogens (tertiary/aromatic N) is 2. The highest BCUT2D eigenvalue weighted by atomic mass is 19.1. The first kappa shape index (κ1) is 31.2. The largest absolute Gasteiger partial charge is 0.456 e. The summed E-state index contributed by atoms with van der Waals surface area (Å²) in [6.45, 7) is 17.3. The number of ether oxygens (including phenoxy) is 2. The molecule has 0 spiro atoms. The summed E-state index contributed by atoms with van der Waals surface area (Å²) in [6, 6.07) is 12.4. The molecule has 2 heterocycles. The Hall–Kier alpha value is -3.19. The number of halogens is 1. The molecule has 0 bridgehead atoms. The first-order valence-electron chi connectivity index (χ1n) is 15.6. The molecule has 2 atom stereocenters. The van der Waals surface area contributed by atoms with Gasteiger partial charge in [0.1, 0.15) is 17.4 Å². The van der Waals surface area contributed by atoms with Crippen LogP contribution in [-0.4, -0.2) is 58.0 Å². The summed E-state index contributed by atoms with van der Waals surface area (Å²) in [5.74, 6) is 0.250. The molecule has 5 rings (SSSR count). The van der Waals surface area contributed by atoms with Crippen LogP contribution in [0.3, 0.4) is 0 Å². The molecule has 1 aliphatic carbocycles. The molecular formula is C36H47FN2O4. The van der Waals surface area contributed by atoms with Crippen molar-refractivity contribution in [2.75, 3.05) is 13.1 Å². The lowest BCUT2D eigenvalue weighted by molar-refractivity contribution is 0.00691. The number of aryl methyl sites for hydroxylation is 2. The fraction of sp³-hybridized carbons (Fsp3) is 0.556. The van der Waals surface area contributed by atoms with E-state index in [0.717, 1.165) is 42.4 Å². The highest BCUT2D eigenvalue weighted by Gasteiger charge is 2.39. The van der Waals surface area contributed by atoms with E-state index in [2.05, 4.69) is 30.0 Å². The smallest absolute Gasteiger partial charge is 0.418 e. The molecule has 1 saturated carbocycles. The predicted octanol–water partition coefficient (Wildman–Crippen LogP) is 8.15. The van der Waals surface area contributed by atoms with Crippen molar-refractivity contribution >= 4 is 23.0 Å². The van der Waals surface area contributed by atoms with Crippen molar-refractivity contribution in [3.63, 3.8) is 0 Å². The van der Waals surface area contributed by atoms with E-state index in [1.807, 2.05) is 72.9 Å². The van der Waals surface area contributed by atoms with E-state index in [0.29, 0.717) is 30.4 Å². The van der Waals surface area contributed by atoms with Crippen LogP contribution in [0.25, 0.3) is 10.9 Å². The van der Waals surface area contributed by atoms with Crippen molar-refractivity contribution in [2.45, 2.75) is 110 Å². The second kappa shape index (κ2) is 11.7. The van der Waals surface area contributed by atoms with Crippen LogP contribution >= 0.6 is 0 Å². The Kier molecular flexibility index (Phi) is 8.51. The van der Waals surface area contributed by atoms with Gasteiger partial charge < -0.3 is 9.47 Å². The number of likely N-dealkylation sites (tertiary alicyclic amines) is 1. The Balaban J connectivity index is 1.46.